The van der Waals surface area contributed by atoms with Crippen LogP contribution in [0.5, 0.6) is 5.75 Å². The molecule has 3 heterocycles. The molecule has 0 atom stereocenters. The summed E-state index contributed by atoms with van der Waals surface area (Å²) in [5.74, 6) is 1.97. The molecular weight excluding hydrogens is 422 g/mol. The van der Waals surface area contributed by atoms with Gasteiger partial charge in [-0.25, -0.2) is 4.98 Å². The molecule has 0 unspecified atom stereocenters. The van der Waals surface area contributed by atoms with E-state index in [0.717, 1.165) is 24.4 Å². The molecule has 0 amide bonds. The van der Waals surface area contributed by atoms with Gasteiger partial charge in [0.25, 0.3) is 5.56 Å². The Labute approximate surface area is 190 Å². The zero-order chi connectivity index (χ0) is 22.2. The average Bonchev–Trinajstić information content (AvgIpc) is 2.79. The van der Waals surface area contributed by atoms with E-state index in [2.05, 4.69) is 38.1 Å². The summed E-state index contributed by atoms with van der Waals surface area (Å²) in [7, 11) is 0. The minimum absolute atomic E-state index is 0.277. The highest BCUT2D eigenvalue weighted by molar-refractivity contribution is 7.71. The molecule has 0 saturated carbocycles. The average molecular weight is 446 g/mol. The Bertz CT molecular complexity index is 1430. The summed E-state index contributed by atoms with van der Waals surface area (Å²) in [5.41, 5.74) is 3.50. The summed E-state index contributed by atoms with van der Waals surface area (Å²) >= 11 is 5.70. The van der Waals surface area contributed by atoms with Gasteiger partial charge < -0.3 is 9.64 Å². The van der Waals surface area contributed by atoms with E-state index in [1.54, 1.807) is 4.57 Å². The lowest BCUT2D eigenvalue weighted by Gasteiger charge is -2.29. The van der Waals surface area contributed by atoms with E-state index in [-0.39, 0.29) is 5.56 Å². The van der Waals surface area contributed by atoms with Gasteiger partial charge in [0.05, 0.1) is 6.61 Å². The van der Waals surface area contributed by atoms with Gasteiger partial charge in [-0.05, 0) is 55.7 Å². The molecule has 2 aromatic heterocycles. The van der Waals surface area contributed by atoms with E-state index < -0.39 is 0 Å². The van der Waals surface area contributed by atoms with Crippen molar-refractivity contribution in [3.8, 4) is 11.4 Å². The number of nitrogens with one attached hydrogen (secondary N) is 1. The van der Waals surface area contributed by atoms with Gasteiger partial charge in [0, 0.05) is 18.8 Å². The van der Waals surface area contributed by atoms with Crippen molar-refractivity contribution in [2.24, 2.45) is 0 Å². The zero-order valence-corrected chi connectivity index (χ0v) is 18.8. The second kappa shape index (κ2) is 8.20. The maximum atomic E-state index is 13.1. The lowest BCUT2D eigenvalue weighted by Crippen LogP contribution is -2.33. The van der Waals surface area contributed by atoms with Crippen molar-refractivity contribution in [1.82, 2.24) is 19.5 Å². The minimum atomic E-state index is -0.277. The summed E-state index contributed by atoms with van der Waals surface area (Å²) in [4.78, 5) is 27.4. The molecule has 2 aromatic carbocycles. The van der Waals surface area contributed by atoms with Crippen molar-refractivity contribution in [1.29, 1.82) is 0 Å². The van der Waals surface area contributed by atoms with Gasteiger partial charge in [-0.2, -0.15) is 4.98 Å². The minimum Gasteiger partial charge on any atom is -0.494 e. The number of H-pyrrole nitrogens is 1. The van der Waals surface area contributed by atoms with Crippen LogP contribution in [0.2, 0.25) is 0 Å². The summed E-state index contributed by atoms with van der Waals surface area (Å²) in [6.45, 7) is 5.89. The molecular formula is C24H23N5O2S. The van der Waals surface area contributed by atoms with Crippen LogP contribution in [0.4, 0.5) is 5.95 Å². The SMILES string of the molecule is CCOc1ccc(-n2c(C)nc3nc(N4CCc5ccccc5C4)[nH]c(=O)c3c2=S)cc1. The highest BCUT2D eigenvalue weighted by Gasteiger charge is 2.20. The smallest absolute Gasteiger partial charge is 0.264 e. The van der Waals surface area contributed by atoms with E-state index in [4.69, 9.17) is 17.0 Å². The third-order valence-electron chi connectivity index (χ3n) is 5.73. The Morgan fingerprint density at radius 3 is 2.59 bits per heavy atom. The molecule has 0 aliphatic carbocycles. The lowest BCUT2D eigenvalue weighted by atomic mass is 10.0. The fourth-order valence-electron chi connectivity index (χ4n) is 4.17. The first-order valence-corrected chi connectivity index (χ1v) is 11.0. The summed E-state index contributed by atoms with van der Waals surface area (Å²) in [6, 6.07) is 15.9. The lowest BCUT2D eigenvalue weighted by molar-refractivity contribution is 0.340. The van der Waals surface area contributed by atoms with E-state index in [9.17, 15) is 4.79 Å². The molecule has 162 valence electrons. The van der Waals surface area contributed by atoms with Crippen LogP contribution in [0.25, 0.3) is 16.7 Å². The second-order valence-corrected chi connectivity index (χ2v) is 8.14. The third kappa shape index (κ3) is 3.56. The largest absolute Gasteiger partial charge is 0.494 e. The van der Waals surface area contributed by atoms with Gasteiger partial charge in [-0.1, -0.05) is 36.5 Å². The normalized spacial score (nSPS) is 13.2. The molecule has 0 saturated heterocycles. The quantitative estimate of drug-likeness (QED) is 0.477. The van der Waals surface area contributed by atoms with Crippen LogP contribution < -0.4 is 15.2 Å². The summed E-state index contributed by atoms with van der Waals surface area (Å²) in [5, 5.41) is 0.320. The molecule has 7 nitrogen and oxygen atoms in total. The van der Waals surface area contributed by atoms with Gasteiger partial charge in [0.2, 0.25) is 5.95 Å². The second-order valence-electron chi connectivity index (χ2n) is 7.75. The molecule has 0 fully saturated rings. The molecule has 5 rings (SSSR count). The highest BCUT2D eigenvalue weighted by Crippen LogP contribution is 2.23. The van der Waals surface area contributed by atoms with Crippen LogP contribution in [0, 0.1) is 11.6 Å². The summed E-state index contributed by atoms with van der Waals surface area (Å²) in [6.07, 6.45) is 0.906. The van der Waals surface area contributed by atoms with Gasteiger partial charge >= 0.3 is 0 Å². The van der Waals surface area contributed by atoms with Crippen molar-refractivity contribution < 1.29 is 4.74 Å². The molecule has 8 heteroatoms. The Morgan fingerprint density at radius 2 is 1.84 bits per heavy atom. The van der Waals surface area contributed by atoms with Gasteiger partial charge in [-0.3, -0.25) is 14.3 Å². The molecule has 4 aromatic rings. The number of aromatic amines is 1. The fraction of sp³-hybridized carbons (Fsp3) is 0.250. The number of aryl methyl sites for hydroxylation is 1. The Morgan fingerprint density at radius 1 is 1.09 bits per heavy atom. The Hall–Kier alpha value is -3.52. The van der Waals surface area contributed by atoms with Crippen molar-refractivity contribution in [3.05, 3.63) is 80.5 Å². The maximum absolute atomic E-state index is 13.1. The number of aromatic nitrogens is 4. The molecule has 1 aliphatic heterocycles. The molecule has 1 N–H and O–H groups in total. The van der Waals surface area contributed by atoms with Crippen LogP contribution in [0.1, 0.15) is 23.9 Å². The van der Waals surface area contributed by atoms with Crippen molar-refractivity contribution in [3.63, 3.8) is 0 Å². The molecule has 0 radical (unpaired) electrons. The van der Waals surface area contributed by atoms with E-state index in [0.29, 0.717) is 40.6 Å². The van der Waals surface area contributed by atoms with E-state index >= 15 is 0 Å². The number of hydrogen-bond donors (Lipinski definition) is 1. The standard InChI is InChI=1S/C24H23N5O2S/c1-3-31-19-10-8-18(9-11-19)29-15(2)25-21-20(23(29)32)22(30)27-24(26-21)28-13-12-16-6-4-5-7-17(16)14-28/h4-11H,3,12-14H2,1-2H3,(H,26,27,30). The highest BCUT2D eigenvalue weighted by atomic mass is 32.1. The van der Waals surface area contributed by atoms with Crippen LogP contribution in [-0.2, 0) is 13.0 Å². The number of anilines is 1. The van der Waals surface area contributed by atoms with Gasteiger partial charge in [0.1, 0.15) is 21.6 Å². The molecule has 0 spiro atoms. The zero-order valence-electron chi connectivity index (χ0n) is 18.0. The molecule has 1 aliphatic rings. The first-order chi connectivity index (χ1) is 15.5. The Balaban J connectivity index is 1.57. The number of fused-ring (bicyclic) bond motifs is 2. The van der Waals surface area contributed by atoms with Crippen LogP contribution in [0.15, 0.2) is 53.3 Å². The number of nitrogens with zero attached hydrogens (tertiary/aromatic N) is 4. The maximum Gasteiger partial charge on any atom is 0.264 e. The van der Waals surface area contributed by atoms with Crippen LogP contribution >= 0.6 is 12.2 Å². The predicted octanol–water partition coefficient (Wildman–Crippen LogP) is 4.11. The number of ether oxygens (including phenoxy) is 1. The fourth-order valence-corrected chi connectivity index (χ4v) is 4.60. The third-order valence-corrected chi connectivity index (χ3v) is 6.12. The number of rotatable bonds is 4. The first kappa shape index (κ1) is 20.4. The van der Waals surface area contributed by atoms with Crippen molar-refractivity contribution in [2.45, 2.75) is 26.8 Å². The van der Waals surface area contributed by atoms with Crippen molar-refractivity contribution in [2.75, 3.05) is 18.1 Å². The van der Waals surface area contributed by atoms with Gasteiger partial charge in [0.15, 0.2) is 5.65 Å². The number of benzene rings is 2. The monoisotopic (exact) mass is 445 g/mol. The first-order valence-electron chi connectivity index (χ1n) is 10.6. The molecule has 0 bridgehead atoms. The van der Waals surface area contributed by atoms with Crippen LogP contribution in [0.3, 0.4) is 0 Å². The van der Waals surface area contributed by atoms with E-state index in [1.165, 1.54) is 11.1 Å². The molecule has 32 heavy (non-hydrogen) atoms. The Kier molecular flexibility index (Phi) is 5.22. The van der Waals surface area contributed by atoms with Crippen LogP contribution in [-0.4, -0.2) is 32.7 Å². The number of hydrogen-bond acceptors (Lipinski definition) is 6. The van der Waals surface area contributed by atoms with Crippen molar-refractivity contribution >= 4 is 29.2 Å². The summed E-state index contributed by atoms with van der Waals surface area (Å²) < 4.78 is 7.70. The topological polar surface area (TPSA) is 76.0 Å². The predicted molar refractivity (Wildman–Crippen MR) is 127 cm³/mol. The van der Waals surface area contributed by atoms with E-state index in [1.807, 2.05) is 44.2 Å². The van der Waals surface area contributed by atoms with Gasteiger partial charge in [-0.15, -0.1) is 0 Å².